The summed E-state index contributed by atoms with van der Waals surface area (Å²) < 4.78 is 5.29. The summed E-state index contributed by atoms with van der Waals surface area (Å²) in [7, 11) is 0. The second kappa shape index (κ2) is 2.92. The molecule has 1 nitrogen and oxygen atoms in total. The quantitative estimate of drug-likeness (QED) is 0.461. The Morgan fingerprint density at radius 2 is 2.57 bits per heavy atom. The van der Waals surface area contributed by atoms with Crippen molar-refractivity contribution in [1.29, 1.82) is 0 Å². The Morgan fingerprint density at radius 1 is 1.71 bits per heavy atom. The summed E-state index contributed by atoms with van der Waals surface area (Å²) in [4.78, 5) is 0. The normalized spacial score (nSPS) is 30.7. The number of ether oxygens (including phenoxy) is 1. The van der Waals surface area contributed by atoms with E-state index in [0.717, 1.165) is 11.7 Å². The maximum atomic E-state index is 5.29. The van der Waals surface area contributed by atoms with Crippen molar-refractivity contribution in [3.63, 3.8) is 0 Å². The van der Waals surface area contributed by atoms with E-state index in [1.165, 1.54) is 12.8 Å². The fraction of sp³-hybridized carbons (Fsp3) is 1.00. The highest BCUT2D eigenvalue weighted by Crippen LogP contribution is 2.11. The van der Waals surface area contributed by atoms with Crippen molar-refractivity contribution >= 4 is 27.5 Å². The monoisotopic (exact) mass is 210 g/mol. The lowest BCUT2D eigenvalue weighted by atomic mass is 9.97. The van der Waals surface area contributed by atoms with Gasteiger partial charge in [0, 0.05) is 12.6 Å². The molecule has 1 atom stereocenters. The van der Waals surface area contributed by atoms with Gasteiger partial charge in [0.05, 0.1) is 0 Å². The van der Waals surface area contributed by atoms with E-state index in [0.29, 0.717) is 6.00 Å². The van der Waals surface area contributed by atoms with Crippen LogP contribution in [0.2, 0.25) is 0 Å². The van der Waals surface area contributed by atoms with Gasteiger partial charge in [-0.2, -0.15) is 22.4 Å². The Kier molecular flexibility index (Phi) is 2.45. The smallest absolute Gasteiger partial charge is 0.233 e. The molecule has 1 heterocycles. The van der Waals surface area contributed by atoms with Crippen LogP contribution in [0.5, 0.6) is 0 Å². The number of halogens is 1. The molecule has 0 radical (unpaired) electrons. The molecule has 1 aliphatic heterocycles. The van der Waals surface area contributed by atoms with Gasteiger partial charge in [0.1, 0.15) is 0 Å². The van der Waals surface area contributed by atoms with E-state index in [-0.39, 0.29) is 0 Å². The van der Waals surface area contributed by atoms with Gasteiger partial charge >= 0.3 is 0 Å². The van der Waals surface area contributed by atoms with Gasteiger partial charge in [-0.3, -0.25) is 0 Å². The molecule has 0 aliphatic carbocycles. The van der Waals surface area contributed by atoms with Gasteiger partial charge in [-0.15, -0.1) is 0 Å². The lowest BCUT2D eigenvalue weighted by Gasteiger charge is -1.98. The van der Waals surface area contributed by atoms with Crippen molar-refractivity contribution in [3.05, 3.63) is 0 Å². The molecule has 40 valence electrons. The first-order valence-electron chi connectivity index (χ1n) is 2.61. The van der Waals surface area contributed by atoms with Crippen molar-refractivity contribution < 1.29 is 4.74 Å². The Bertz CT molecular complexity index is 53.7. The van der Waals surface area contributed by atoms with Crippen LogP contribution in [-0.4, -0.2) is 17.7 Å². The summed E-state index contributed by atoms with van der Waals surface area (Å²) in [6, 6.07) is 0.584. The predicted octanol–water partition coefficient (Wildman–Crippen LogP) is 0.909. The highest BCUT2D eigenvalue weighted by atomic mass is 127. The molecule has 1 aliphatic rings. The zero-order chi connectivity index (χ0) is 5.11. The van der Waals surface area contributed by atoms with Crippen molar-refractivity contribution in [2.75, 3.05) is 6.61 Å². The van der Waals surface area contributed by atoms with Crippen LogP contribution < -0.4 is 0 Å². The second-order valence-electron chi connectivity index (χ2n) is 1.79. The van der Waals surface area contributed by atoms with E-state index >= 15 is 0 Å². The third kappa shape index (κ3) is 1.60. The van der Waals surface area contributed by atoms with E-state index < -0.39 is 0 Å². The van der Waals surface area contributed by atoms with Crippen LogP contribution in [0.15, 0.2) is 0 Å². The van der Waals surface area contributed by atoms with Crippen molar-refractivity contribution in [3.8, 4) is 0 Å². The molecule has 0 bridgehead atoms. The van der Waals surface area contributed by atoms with Gasteiger partial charge in [-0.25, -0.2) is 0 Å². The zero-order valence-corrected chi connectivity index (χ0v) is 6.35. The van der Waals surface area contributed by atoms with Crippen LogP contribution >= 0.6 is 22.4 Å². The van der Waals surface area contributed by atoms with Crippen LogP contribution in [0.3, 0.4) is 0 Å². The second-order valence-corrected chi connectivity index (χ2v) is 2.67. The maximum Gasteiger partial charge on any atom is 0.233 e. The van der Waals surface area contributed by atoms with E-state index in [2.05, 4.69) is 22.4 Å². The van der Waals surface area contributed by atoms with Gasteiger partial charge in [0.25, 0.3) is 0 Å². The minimum atomic E-state index is 0.584. The molecule has 0 N–H and O–H groups in total. The molecule has 0 spiro atoms. The summed E-state index contributed by atoms with van der Waals surface area (Å²) in [5, 5.41) is 1.16. The molecule has 1 saturated heterocycles. The highest BCUT2D eigenvalue weighted by molar-refractivity contribution is 14.1. The van der Waals surface area contributed by atoms with Crippen molar-refractivity contribution in [2.24, 2.45) is 0 Å². The largest absolute Gasteiger partial charge is 0.386 e. The van der Waals surface area contributed by atoms with E-state index in [4.69, 9.17) is 4.74 Å². The van der Waals surface area contributed by atoms with E-state index in [1.807, 2.05) is 0 Å². The molecule has 0 aromatic rings. The number of hydrogen-bond donors (Lipinski definition) is 0. The molecule has 1 fully saturated rings. The fourth-order valence-electron chi connectivity index (χ4n) is 0.766. The molecule has 0 aromatic heterocycles. The molecule has 0 amide bonds. The Hall–Kier alpha value is 0.755. The van der Waals surface area contributed by atoms with Crippen molar-refractivity contribution in [2.45, 2.75) is 18.8 Å². The number of rotatable bonds is 1. The molecule has 0 saturated carbocycles. The first-order valence-corrected chi connectivity index (χ1v) is 4.13. The molecule has 1 rings (SSSR count). The van der Waals surface area contributed by atoms with Gasteiger partial charge in [0.15, 0.2) is 0 Å². The van der Waals surface area contributed by atoms with E-state index in [9.17, 15) is 0 Å². The van der Waals surface area contributed by atoms with Gasteiger partial charge in [-0.05, 0) is 12.8 Å². The minimum absolute atomic E-state index is 0.584. The summed E-state index contributed by atoms with van der Waals surface area (Å²) in [5.74, 6) is 0. The molecule has 7 heavy (non-hydrogen) atoms. The zero-order valence-electron chi connectivity index (χ0n) is 4.19. The average molecular weight is 210 g/mol. The van der Waals surface area contributed by atoms with Gasteiger partial charge < -0.3 is 4.74 Å². The SMILES string of the molecule is IBC1CCCO1. The van der Waals surface area contributed by atoms with Crippen LogP contribution in [0.4, 0.5) is 0 Å². The average Bonchev–Trinajstić information content (AvgIpc) is 2.14. The van der Waals surface area contributed by atoms with E-state index in [1.54, 1.807) is 0 Å². The third-order valence-corrected chi connectivity index (χ3v) is 2.18. The summed E-state index contributed by atoms with van der Waals surface area (Å²) in [6.07, 6.45) is 2.55. The van der Waals surface area contributed by atoms with Crippen LogP contribution in [0, 0.1) is 0 Å². The minimum Gasteiger partial charge on any atom is -0.386 e. The summed E-state index contributed by atoms with van der Waals surface area (Å²) in [5.41, 5.74) is 0. The van der Waals surface area contributed by atoms with Crippen LogP contribution in [-0.2, 0) is 4.74 Å². The molecular weight excluding hydrogens is 202 g/mol. The van der Waals surface area contributed by atoms with Crippen LogP contribution in [0.1, 0.15) is 12.8 Å². The lowest BCUT2D eigenvalue weighted by Crippen LogP contribution is -2.08. The summed E-state index contributed by atoms with van der Waals surface area (Å²) in [6.45, 7) is 0.994. The highest BCUT2D eigenvalue weighted by Gasteiger charge is 2.13. The Morgan fingerprint density at radius 3 is 2.86 bits per heavy atom. The molecule has 3 heteroatoms. The molecular formula is C4H8BIO. The van der Waals surface area contributed by atoms with Gasteiger partial charge in [0.2, 0.25) is 5.14 Å². The first kappa shape index (κ1) is 5.88. The maximum absolute atomic E-state index is 5.29. The lowest BCUT2D eigenvalue weighted by molar-refractivity contribution is 0.168. The predicted molar refractivity (Wildman–Crippen MR) is 40.1 cm³/mol. The van der Waals surface area contributed by atoms with Crippen LogP contribution in [0.25, 0.3) is 0 Å². The standard InChI is InChI=1S/C4H8BIO/c6-5-4-2-1-3-7-4/h4-5H,1-3H2. The first-order chi connectivity index (χ1) is 3.43. The Labute approximate surface area is 57.9 Å². The number of hydrogen-bond acceptors (Lipinski definition) is 1. The topological polar surface area (TPSA) is 9.23 Å². The summed E-state index contributed by atoms with van der Waals surface area (Å²) >= 11 is 2.36. The Balaban J connectivity index is 2.14. The van der Waals surface area contributed by atoms with Crippen molar-refractivity contribution in [1.82, 2.24) is 0 Å². The third-order valence-electron chi connectivity index (χ3n) is 1.20. The molecule has 1 unspecified atom stereocenters. The molecule has 0 aromatic carbocycles. The fourth-order valence-corrected chi connectivity index (χ4v) is 1.46. The van der Waals surface area contributed by atoms with Gasteiger partial charge in [-0.1, -0.05) is 0 Å².